The van der Waals surface area contributed by atoms with Crippen molar-refractivity contribution in [1.82, 2.24) is 29.4 Å². The minimum Gasteiger partial charge on any atom is -0.339 e. The van der Waals surface area contributed by atoms with E-state index >= 15 is 0 Å². The van der Waals surface area contributed by atoms with Crippen LogP contribution in [0, 0.1) is 24.0 Å². The Balaban J connectivity index is 1.54. The number of nitro groups is 1. The Kier molecular flexibility index (Phi) is 5.03. The first-order valence-electron chi connectivity index (χ1n) is 8.51. The highest BCUT2D eigenvalue weighted by molar-refractivity contribution is 5.76. The minimum atomic E-state index is -0.484. The third-order valence-corrected chi connectivity index (χ3v) is 4.79. The average Bonchev–Trinajstić information content (AvgIpc) is 3.10. The molecule has 0 aliphatic carbocycles. The Morgan fingerprint density at radius 3 is 2.50 bits per heavy atom. The van der Waals surface area contributed by atoms with Crippen molar-refractivity contribution in [2.45, 2.75) is 26.9 Å². The molecule has 0 saturated carbocycles. The Bertz CT molecular complexity index is 818. The van der Waals surface area contributed by atoms with Crippen molar-refractivity contribution in [3.8, 4) is 0 Å². The van der Waals surface area contributed by atoms with Gasteiger partial charge in [0.15, 0.2) is 0 Å². The SMILES string of the molecule is Cc1nn(C)cc1CN1CCN(C(=O)Cn2ncc([N+](=O)[O-])c2C)CC1. The zero-order valence-electron chi connectivity index (χ0n) is 15.3. The number of hydrogen-bond acceptors (Lipinski definition) is 6. The summed E-state index contributed by atoms with van der Waals surface area (Å²) in [6, 6.07) is 0. The summed E-state index contributed by atoms with van der Waals surface area (Å²) in [6.07, 6.45) is 3.22. The van der Waals surface area contributed by atoms with Crippen LogP contribution >= 0.6 is 0 Å². The van der Waals surface area contributed by atoms with Crippen molar-refractivity contribution < 1.29 is 9.72 Å². The van der Waals surface area contributed by atoms with E-state index in [0.717, 1.165) is 25.3 Å². The molecule has 1 aliphatic heterocycles. The van der Waals surface area contributed by atoms with Crippen molar-refractivity contribution in [1.29, 1.82) is 0 Å². The van der Waals surface area contributed by atoms with E-state index in [4.69, 9.17) is 0 Å². The second kappa shape index (κ2) is 7.24. The molecule has 1 saturated heterocycles. The van der Waals surface area contributed by atoms with Crippen molar-refractivity contribution in [2.24, 2.45) is 7.05 Å². The zero-order valence-corrected chi connectivity index (χ0v) is 15.3. The van der Waals surface area contributed by atoms with Crippen LogP contribution < -0.4 is 0 Å². The van der Waals surface area contributed by atoms with E-state index in [9.17, 15) is 14.9 Å². The molecule has 0 bridgehead atoms. The van der Waals surface area contributed by atoms with Gasteiger partial charge in [0, 0.05) is 51.5 Å². The highest BCUT2D eigenvalue weighted by Gasteiger charge is 2.24. The molecule has 26 heavy (non-hydrogen) atoms. The maximum atomic E-state index is 12.5. The van der Waals surface area contributed by atoms with Crippen LogP contribution in [0.25, 0.3) is 0 Å². The van der Waals surface area contributed by atoms with Gasteiger partial charge in [0.05, 0.1) is 10.6 Å². The number of piperazine rings is 1. The van der Waals surface area contributed by atoms with Crippen LogP contribution in [0.3, 0.4) is 0 Å². The summed E-state index contributed by atoms with van der Waals surface area (Å²) in [5.41, 5.74) is 2.57. The first kappa shape index (κ1) is 18.1. The van der Waals surface area contributed by atoms with E-state index in [1.165, 1.54) is 16.4 Å². The molecule has 3 rings (SSSR count). The van der Waals surface area contributed by atoms with Crippen LogP contribution in [-0.4, -0.2) is 66.4 Å². The van der Waals surface area contributed by atoms with Gasteiger partial charge in [-0.2, -0.15) is 10.2 Å². The van der Waals surface area contributed by atoms with E-state index in [2.05, 4.69) is 15.1 Å². The van der Waals surface area contributed by atoms with Gasteiger partial charge in [-0.1, -0.05) is 0 Å². The number of hydrogen-bond donors (Lipinski definition) is 0. The van der Waals surface area contributed by atoms with E-state index in [1.807, 2.05) is 24.9 Å². The van der Waals surface area contributed by atoms with Crippen LogP contribution in [0.15, 0.2) is 12.4 Å². The highest BCUT2D eigenvalue weighted by atomic mass is 16.6. The van der Waals surface area contributed by atoms with Gasteiger partial charge in [0.1, 0.15) is 18.4 Å². The Labute approximate surface area is 151 Å². The van der Waals surface area contributed by atoms with Gasteiger partial charge < -0.3 is 4.90 Å². The fraction of sp³-hybridized carbons (Fsp3) is 0.562. The average molecular weight is 361 g/mol. The smallest absolute Gasteiger partial charge is 0.309 e. The summed E-state index contributed by atoms with van der Waals surface area (Å²) in [5, 5.41) is 19.2. The van der Waals surface area contributed by atoms with E-state index < -0.39 is 4.92 Å². The molecule has 0 radical (unpaired) electrons. The lowest BCUT2D eigenvalue weighted by Crippen LogP contribution is -2.49. The van der Waals surface area contributed by atoms with Crippen molar-refractivity contribution in [3.05, 3.63) is 39.5 Å². The van der Waals surface area contributed by atoms with Crippen LogP contribution in [0.5, 0.6) is 0 Å². The number of aromatic nitrogens is 4. The van der Waals surface area contributed by atoms with Gasteiger partial charge in [-0.3, -0.25) is 29.2 Å². The molecule has 2 aromatic heterocycles. The molecular weight excluding hydrogens is 338 g/mol. The molecular formula is C16H23N7O3. The van der Waals surface area contributed by atoms with Gasteiger partial charge in [0.2, 0.25) is 5.91 Å². The van der Waals surface area contributed by atoms with Crippen molar-refractivity contribution in [2.75, 3.05) is 26.2 Å². The van der Waals surface area contributed by atoms with Crippen molar-refractivity contribution >= 4 is 11.6 Å². The Hall–Kier alpha value is -2.75. The predicted octanol–water partition coefficient (Wildman–Crippen LogP) is 0.486. The highest BCUT2D eigenvalue weighted by Crippen LogP contribution is 2.17. The monoisotopic (exact) mass is 361 g/mol. The lowest BCUT2D eigenvalue weighted by molar-refractivity contribution is -0.385. The second-order valence-corrected chi connectivity index (χ2v) is 6.60. The van der Waals surface area contributed by atoms with Crippen LogP contribution in [0.1, 0.15) is 17.0 Å². The van der Waals surface area contributed by atoms with E-state index in [0.29, 0.717) is 18.8 Å². The largest absolute Gasteiger partial charge is 0.339 e. The third-order valence-electron chi connectivity index (χ3n) is 4.79. The topological polar surface area (TPSA) is 102 Å². The molecule has 10 nitrogen and oxygen atoms in total. The van der Waals surface area contributed by atoms with Crippen molar-refractivity contribution in [3.63, 3.8) is 0 Å². The molecule has 0 atom stereocenters. The number of amides is 1. The number of carbonyl (C=O) groups excluding carboxylic acids is 1. The lowest BCUT2D eigenvalue weighted by Gasteiger charge is -2.34. The van der Waals surface area contributed by atoms with Gasteiger partial charge in [0.25, 0.3) is 0 Å². The fourth-order valence-electron chi connectivity index (χ4n) is 3.20. The van der Waals surface area contributed by atoms with Crippen LogP contribution in [0.2, 0.25) is 0 Å². The standard InChI is InChI=1S/C16H23N7O3/c1-12-14(9-19(3)18-12)10-20-4-6-21(7-5-20)16(24)11-22-13(2)15(8-17-22)23(25)26/h8-9H,4-7,10-11H2,1-3H3. The molecule has 0 spiro atoms. The Morgan fingerprint density at radius 2 is 1.96 bits per heavy atom. The quantitative estimate of drug-likeness (QED) is 0.567. The summed E-state index contributed by atoms with van der Waals surface area (Å²) in [6.45, 7) is 7.32. The van der Waals surface area contributed by atoms with Crippen LogP contribution in [0.4, 0.5) is 5.69 Å². The number of rotatable bonds is 5. The molecule has 0 N–H and O–H groups in total. The maximum absolute atomic E-state index is 12.5. The maximum Gasteiger partial charge on any atom is 0.309 e. The Morgan fingerprint density at radius 1 is 1.27 bits per heavy atom. The first-order chi connectivity index (χ1) is 12.3. The molecule has 1 aliphatic rings. The molecule has 1 amide bonds. The fourth-order valence-corrected chi connectivity index (χ4v) is 3.20. The third kappa shape index (κ3) is 3.74. The number of nitrogens with zero attached hydrogens (tertiary/aromatic N) is 7. The normalized spacial score (nSPS) is 15.4. The number of aryl methyl sites for hydroxylation is 2. The molecule has 1 fully saturated rings. The molecule has 3 heterocycles. The summed E-state index contributed by atoms with van der Waals surface area (Å²) >= 11 is 0. The molecule has 2 aromatic rings. The lowest BCUT2D eigenvalue weighted by atomic mass is 10.2. The molecule has 10 heteroatoms. The first-order valence-corrected chi connectivity index (χ1v) is 8.51. The van der Waals surface area contributed by atoms with E-state index in [1.54, 1.807) is 11.8 Å². The van der Waals surface area contributed by atoms with Gasteiger partial charge in [-0.15, -0.1) is 0 Å². The summed E-state index contributed by atoms with van der Waals surface area (Å²) in [5.74, 6) is -0.0664. The second-order valence-electron chi connectivity index (χ2n) is 6.60. The molecule has 140 valence electrons. The van der Waals surface area contributed by atoms with Crippen LogP contribution in [-0.2, 0) is 24.9 Å². The van der Waals surface area contributed by atoms with Gasteiger partial charge in [-0.25, -0.2) is 0 Å². The summed E-state index contributed by atoms with van der Waals surface area (Å²) < 4.78 is 3.21. The predicted molar refractivity (Wildman–Crippen MR) is 93.4 cm³/mol. The van der Waals surface area contributed by atoms with E-state index in [-0.39, 0.29) is 18.1 Å². The van der Waals surface area contributed by atoms with Gasteiger partial charge in [-0.05, 0) is 13.8 Å². The number of carbonyl (C=O) groups is 1. The van der Waals surface area contributed by atoms with Gasteiger partial charge >= 0.3 is 5.69 Å². The molecule has 0 unspecified atom stereocenters. The zero-order chi connectivity index (χ0) is 18.8. The minimum absolute atomic E-state index is 0.0292. The summed E-state index contributed by atoms with van der Waals surface area (Å²) in [7, 11) is 1.91. The summed E-state index contributed by atoms with van der Waals surface area (Å²) in [4.78, 5) is 27.0. The molecule has 0 aromatic carbocycles.